The number of rotatable bonds is 10. The Morgan fingerprint density at radius 1 is 0.828 bits per heavy atom. The van der Waals surface area contributed by atoms with Crippen molar-refractivity contribution in [2.45, 2.75) is 83.5 Å². The highest BCUT2D eigenvalue weighted by Gasteiger charge is 2.21. The quantitative estimate of drug-likeness (QED) is 0.219. The smallest absolute Gasteiger partial charge is 0.0739 e. The summed E-state index contributed by atoms with van der Waals surface area (Å²) in [5.41, 5.74) is 5.21. The van der Waals surface area contributed by atoms with Gasteiger partial charge in [-0.3, -0.25) is 0 Å². The second kappa shape index (κ2) is 12.1. The van der Waals surface area contributed by atoms with Crippen molar-refractivity contribution >= 4 is 23.1 Å². The summed E-state index contributed by atoms with van der Waals surface area (Å²) in [5, 5.41) is 2.42. The fourth-order valence-corrected chi connectivity index (χ4v) is 4.78. The second-order valence-corrected chi connectivity index (χ2v) is 8.86. The summed E-state index contributed by atoms with van der Waals surface area (Å²) in [7, 11) is 0. The maximum atomic E-state index is 4.65. The van der Waals surface area contributed by atoms with E-state index in [0.29, 0.717) is 0 Å². The second-order valence-electron chi connectivity index (χ2n) is 8.68. The van der Waals surface area contributed by atoms with E-state index in [1.165, 1.54) is 68.9 Å². The van der Waals surface area contributed by atoms with Gasteiger partial charge in [0.05, 0.1) is 10.8 Å². The van der Waals surface area contributed by atoms with E-state index >= 15 is 0 Å². The number of unbranched alkanes of at least 4 members (excludes halogenated alkanes) is 3. The summed E-state index contributed by atoms with van der Waals surface area (Å²) >= 11 is 4.65. The number of isothiocyanates is 1. The molecule has 2 aromatic carbocycles. The first-order valence-electron chi connectivity index (χ1n) is 11.5. The summed E-state index contributed by atoms with van der Waals surface area (Å²) in [6, 6.07) is 17.8. The van der Waals surface area contributed by atoms with Crippen LogP contribution < -0.4 is 0 Å². The minimum Gasteiger partial charge on any atom is -0.195 e. The first kappa shape index (κ1) is 21.9. The van der Waals surface area contributed by atoms with Crippen molar-refractivity contribution < 1.29 is 0 Å². The zero-order chi connectivity index (χ0) is 20.3. The molecule has 2 heteroatoms. The predicted octanol–water partition coefficient (Wildman–Crippen LogP) is 8.45. The molecule has 0 unspecified atom stereocenters. The molecule has 0 N–H and O–H groups in total. The maximum absolute atomic E-state index is 4.65. The van der Waals surface area contributed by atoms with Crippen molar-refractivity contribution in [3.63, 3.8) is 0 Å². The van der Waals surface area contributed by atoms with Gasteiger partial charge in [0, 0.05) is 0 Å². The highest BCUT2D eigenvalue weighted by Crippen LogP contribution is 2.37. The van der Waals surface area contributed by atoms with Crippen LogP contribution in [0.5, 0.6) is 0 Å². The molecule has 0 spiro atoms. The van der Waals surface area contributed by atoms with Gasteiger partial charge in [0.25, 0.3) is 0 Å². The van der Waals surface area contributed by atoms with Gasteiger partial charge in [-0.05, 0) is 91.4 Å². The van der Waals surface area contributed by atoms with Crippen LogP contribution in [0.4, 0.5) is 5.69 Å². The van der Waals surface area contributed by atoms with Gasteiger partial charge in [-0.25, -0.2) is 0 Å². The molecule has 3 rings (SSSR count). The van der Waals surface area contributed by atoms with Gasteiger partial charge in [-0.1, -0.05) is 75.4 Å². The lowest BCUT2D eigenvalue weighted by Gasteiger charge is -2.29. The SMILES string of the molecule is CCCCCCC1CCC(c2ccc(CCc3ccc(N=C=S)cc3)cc2)CC1. The Morgan fingerprint density at radius 3 is 2.03 bits per heavy atom. The van der Waals surface area contributed by atoms with Crippen LogP contribution in [0.1, 0.15) is 87.3 Å². The van der Waals surface area contributed by atoms with Gasteiger partial charge < -0.3 is 0 Å². The summed E-state index contributed by atoms with van der Waals surface area (Å²) in [6.07, 6.45) is 14.9. The van der Waals surface area contributed by atoms with Crippen LogP contribution in [0.25, 0.3) is 0 Å². The third kappa shape index (κ3) is 7.21. The summed E-state index contributed by atoms with van der Waals surface area (Å²) in [5.74, 6) is 1.77. The zero-order valence-corrected chi connectivity index (χ0v) is 18.7. The van der Waals surface area contributed by atoms with Gasteiger partial charge >= 0.3 is 0 Å². The third-order valence-electron chi connectivity index (χ3n) is 6.58. The largest absolute Gasteiger partial charge is 0.195 e. The molecule has 1 aliphatic rings. The molecule has 0 bridgehead atoms. The molecular weight excluding hydrogens is 370 g/mol. The Hall–Kier alpha value is -1.76. The fourth-order valence-electron chi connectivity index (χ4n) is 4.68. The molecule has 0 heterocycles. The van der Waals surface area contributed by atoms with Gasteiger partial charge in [0.15, 0.2) is 0 Å². The van der Waals surface area contributed by atoms with E-state index < -0.39 is 0 Å². The molecule has 29 heavy (non-hydrogen) atoms. The van der Waals surface area contributed by atoms with Crippen LogP contribution in [0, 0.1) is 5.92 Å². The lowest BCUT2D eigenvalue weighted by Crippen LogP contribution is -2.13. The molecule has 0 aromatic heterocycles. The zero-order valence-electron chi connectivity index (χ0n) is 17.9. The Labute approximate surface area is 182 Å². The van der Waals surface area contributed by atoms with Crippen molar-refractivity contribution in [1.82, 2.24) is 0 Å². The molecule has 0 amide bonds. The summed E-state index contributed by atoms with van der Waals surface area (Å²) in [6.45, 7) is 2.30. The number of benzene rings is 2. The maximum Gasteiger partial charge on any atom is 0.0739 e. The van der Waals surface area contributed by atoms with Crippen molar-refractivity contribution in [2.24, 2.45) is 10.9 Å². The lowest BCUT2D eigenvalue weighted by molar-refractivity contribution is 0.302. The van der Waals surface area contributed by atoms with E-state index in [2.05, 4.69) is 65.7 Å². The molecule has 154 valence electrons. The average molecular weight is 406 g/mol. The minimum atomic E-state index is 0.783. The lowest BCUT2D eigenvalue weighted by atomic mass is 9.77. The Bertz CT molecular complexity index is 763. The van der Waals surface area contributed by atoms with Crippen molar-refractivity contribution in [3.05, 3.63) is 65.2 Å². The molecule has 0 radical (unpaired) electrons. The van der Waals surface area contributed by atoms with Crippen LogP contribution >= 0.6 is 12.2 Å². The van der Waals surface area contributed by atoms with E-state index in [4.69, 9.17) is 0 Å². The van der Waals surface area contributed by atoms with Crippen LogP contribution in [-0.4, -0.2) is 5.16 Å². The molecular formula is C27H35NS. The van der Waals surface area contributed by atoms with Gasteiger partial charge in [0.1, 0.15) is 0 Å². The molecule has 0 aliphatic heterocycles. The Morgan fingerprint density at radius 2 is 1.45 bits per heavy atom. The van der Waals surface area contributed by atoms with Crippen molar-refractivity contribution in [1.29, 1.82) is 0 Å². The molecule has 1 nitrogen and oxygen atoms in total. The monoisotopic (exact) mass is 405 g/mol. The first-order chi connectivity index (χ1) is 14.3. The fraction of sp³-hybridized carbons (Fsp3) is 0.519. The predicted molar refractivity (Wildman–Crippen MR) is 128 cm³/mol. The third-order valence-corrected chi connectivity index (χ3v) is 6.67. The Balaban J connectivity index is 1.42. The molecule has 0 saturated heterocycles. The number of nitrogens with zero attached hydrogens (tertiary/aromatic N) is 1. The highest BCUT2D eigenvalue weighted by atomic mass is 32.1. The highest BCUT2D eigenvalue weighted by molar-refractivity contribution is 7.78. The topological polar surface area (TPSA) is 12.4 Å². The summed E-state index contributed by atoms with van der Waals surface area (Å²) < 4.78 is 0. The number of aryl methyl sites for hydroxylation is 2. The molecule has 1 saturated carbocycles. The van der Waals surface area contributed by atoms with Crippen LogP contribution in [0.15, 0.2) is 53.5 Å². The normalized spacial score (nSPS) is 18.9. The first-order valence-corrected chi connectivity index (χ1v) is 11.9. The van der Waals surface area contributed by atoms with E-state index in [1.54, 1.807) is 5.56 Å². The van der Waals surface area contributed by atoms with E-state index in [0.717, 1.165) is 30.4 Å². The Kier molecular flexibility index (Phi) is 9.12. The number of hydrogen-bond donors (Lipinski definition) is 0. The van der Waals surface area contributed by atoms with Crippen LogP contribution in [0.3, 0.4) is 0 Å². The molecule has 2 aromatic rings. The van der Waals surface area contributed by atoms with E-state index in [1.807, 2.05) is 12.1 Å². The number of thiocarbonyl (C=S) groups is 1. The van der Waals surface area contributed by atoms with Crippen LogP contribution in [0.2, 0.25) is 0 Å². The standard InChI is InChI=1S/C27H35NS/c1-2-3-4-5-6-22-9-15-25(16-10-22)26-17-11-23(12-18-26)7-8-24-13-19-27(20-14-24)28-21-29/h11-14,17-20,22,25H,2-10,15-16H2,1H3. The molecule has 1 aliphatic carbocycles. The van der Waals surface area contributed by atoms with Gasteiger partial charge in [-0.2, -0.15) is 4.99 Å². The van der Waals surface area contributed by atoms with E-state index in [-0.39, 0.29) is 0 Å². The number of hydrogen-bond acceptors (Lipinski definition) is 2. The van der Waals surface area contributed by atoms with Gasteiger partial charge in [-0.15, -0.1) is 0 Å². The number of aliphatic imine (C=N–C) groups is 1. The molecule has 0 atom stereocenters. The summed E-state index contributed by atoms with van der Waals surface area (Å²) in [4.78, 5) is 4.01. The van der Waals surface area contributed by atoms with E-state index in [9.17, 15) is 0 Å². The minimum absolute atomic E-state index is 0.783. The van der Waals surface area contributed by atoms with Gasteiger partial charge in [0.2, 0.25) is 0 Å². The van der Waals surface area contributed by atoms with Crippen LogP contribution in [-0.2, 0) is 12.8 Å². The molecule has 1 fully saturated rings. The van der Waals surface area contributed by atoms with Crippen molar-refractivity contribution in [3.8, 4) is 0 Å². The average Bonchev–Trinajstić information content (AvgIpc) is 2.77. The van der Waals surface area contributed by atoms with Crippen molar-refractivity contribution in [2.75, 3.05) is 0 Å².